The minimum atomic E-state index is 0.240. The lowest BCUT2D eigenvalue weighted by Gasteiger charge is -2.32. The first-order valence-corrected chi connectivity index (χ1v) is 7.04. The Bertz CT molecular complexity index is 763. The number of nitrogens with zero attached hydrogens (tertiary/aromatic N) is 3. The Morgan fingerprint density at radius 3 is 3.15 bits per heavy atom. The molecule has 3 aromatic heterocycles. The molecule has 1 unspecified atom stereocenters. The molecule has 5 nitrogen and oxygen atoms in total. The van der Waals surface area contributed by atoms with E-state index >= 15 is 0 Å². The van der Waals surface area contributed by atoms with Crippen LogP contribution in [0.2, 0.25) is 0 Å². The maximum Gasteiger partial charge on any atom is 0.137 e. The lowest BCUT2D eigenvalue weighted by Crippen LogP contribution is -2.43. The van der Waals surface area contributed by atoms with Crippen LogP contribution in [0.3, 0.4) is 0 Å². The first-order valence-electron chi connectivity index (χ1n) is 7.04. The van der Waals surface area contributed by atoms with Crippen LogP contribution in [0, 0.1) is 0 Å². The summed E-state index contributed by atoms with van der Waals surface area (Å²) in [6, 6.07) is 4.33. The number of aromatic nitrogens is 3. The fraction of sp³-hybridized carbons (Fsp3) is 0.333. The standard InChI is InChI=1S/C15H17N5/c16-11-2-1-7-20(9-11)15-13-10(3-5-18-15)8-19-14-12(13)4-6-17-14/h3-6,8,11H,1-2,7,9,16H2,(H,17,19). The molecule has 0 aromatic carbocycles. The summed E-state index contributed by atoms with van der Waals surface area (Å²) in [5.74, 6) is 1.03. The van der Waals surface area contributed by atoms with Crippen molar-refractivity contribution in [3.8, 4) is 0 Å². The predicted molar refractivity (Wildman–Crippen MR) is 80.8 cm³/mol. The number of anilines is 1. The topological polar surface area (TPSA) is 70.8 Å². The number of aromatic amines is 1. The smallest absolute Gasteiger partial charge is 0.137 e. The normalized spacial score (nSPS) is 19.9. The zero-order chi connectivity index (χ0) is 13.5. The third-order valence-electron chi connectivity index (χ3n) is 4.05. The van der Waals surface area contributed by atoms with Gasteiger partial charge in [-0.3, -0.25) is 0 Å². The number of H-pyrrole nitrogens is 1. The van der Waals surface area contributed by atoms with Crippen molar-refractivity contribution in [3.63, 3.8) is 0 Å². The van der Waals surface area contributed by atoms with Gasteiger partial charge < -0.3 is 15.6 Å². The van der Waals surface area contributed by atoms with E-state index in [-0.39, 0.29) is 6.04 Å². The molecule has 102 valence electrons. The van der Waals surface area contributed by atoms with Crippen LogP contribution in [0.1, 0.15) is 12.8 Å². The summed E-state index contributed by atoms with van der Waals surface area (Å²) in [6.45, 7) is 1.90. The lowest BCUT2D eigenvalue weighted by atomic mass is 10.1. The molecular weight excluding hydrogens is 250 g/mol. The van der Waals surface area contributed by atoms with Crippen LogP contribution in [-0.2, 0) is 0 Å². The van der Waals surface area contributed by atoms with Crippen LogP contribution < -0.4 is 10.6 Å². The fourth-order valence-electron chi connectivity index (χ4n) is 3.09. The van der Waals surface area contributed by atoms with Gasteiger partial charge >= 0.3 is 0 Å². The van der Waals surface area contributed by atoms with Gasteiger partial charge in [0, 0.05) is 53.9 Å². The van der Waals surface area contributed by atoms with E-state index in [1.165, 1.54) is 5.39 Å². The van der Waals surface area contributed by atoms with E-state index < -0.39 is 0 Å². The summed E-state index contributed by atoms with van der Waals surface area (Å²) in [4.78, 5) is 14.5. The average molecular weight is 267 g/mol. The molecule has 3 N–H and O–H groups in total. The van der Waals surface area contributed by atoms with E-state index in [0.29, 0.717) is 0 Å². The molecule has 0 radical (unpaired) electrons. The summed E-state index contributed by atoms with van der Waals surface area (Å²) in [5, 5.41) is 3.43. The number of fused-ring (bicyclic) bond motifs is 3. The van der Waals surface area contributed by atoms with Gasteiger partial charge in [-0.15, -0.1) is 0 Å². The predicted octanol–water partition coefficient (Wildman–Crippen LogP) is 2.04. The molecule has 20 heavy (non-hydrogen) atoms. The van der Waals surface area contributed by atoms with Gasteiger partial charge in [-0.2, -0.15) is 0 Å². The third-order valence-corrected chi connectivity index (χ3v) is 4.05. The minimum absolute atomic E-state index is 0.240. The summed E-state index contributed by atoms with van der Waals surface area (Å²) < 4.78 is 0. The van der Waals surface area contributed by atoms with E-state index in [1.54, 1.807) is 0 Å². The number of piperidine rings is 1. The van der Waals surface area contributed by atoms with Gasteiger partial charge in [0.1, 0.15) is 11.5 Å². The SMILES string of the molecule is NC1CCCN(c2nccc3cnc4[nH]ccc4c23)C1. The van der Waals surface area contributed by atoms with Crippen LogP contribution in [0.15, 0.2) is 30.7 Å². The molecule has 3 aromatic rings. The van der Waals surface area contributed by atoms with E-state index in [0.717, 1.165) is 48.2 Å². The Morgan fingerprint density at radius 2 is 2.25 bits per heavy atom. The maximum atomic E-state index is 6.11. The molecule has 0 aliphatic carbocycles. The quantitative estimate of drug-likeness (QED) is 0.708. The second kappa shape index (κ2) is 4.45. The van der Waals surface area contributed by atoms with Crippen LogP contribution in [-0.4, -0.2) is 34.1 Å². The van der Waals surface area contributed by atoms with Crippen molar-refractivity contribution in [2.75, 3.05) is 18.0 Å². The number of hydrogen-bond acceptors (Lipinski definition) is 4. The number of nitrogens with two attached hydrogens (primary N) is 1. The van der Waals surface area contributed by atoms with Crippen molar-refractivity contribution in [2.45, 2.75) is 18.9 Å². The first-order chi connectivity index (χ1) is 9.83. The molecule has 1 fully saturated rings. The van der Waals surface area contributed by atoms with Crippen molar-refractivity contribution < 1.29 is 0 Å². The van der Waals surface area contributed by atoms with Crippen molar-refractivity contribution in [3.05, 3.63) is 30.7 Å². The van der Waals surface area contributed by atoms with Gasteiger partial charge in [-0.05, 0) is 25.0 Å². The van der Waals surface area contributed by atoms with Gasteiger partial charge in [-0.1, -0.05) is 0 Å². The average Bonchev–Trinajstić information content (AvgIpc) is 2.95. The van der Waals surface area contributed by atoms with Crippen LogP contribution in [0.5, 0.6) is 0 Å². The summed E-state index contributed by atoms with van der Waals surface area (Å²) >= 11 is 0. The van der Waals surface area contributed by atoms with Crippen LogP contribution in [0.25, 0.3) is 21.8 Å². The van der Waals surface area contributed by atoms with Crippen molar-refractivity contribution in [2.24, 2.45) is 5.73 Å². The molecule has 1 atom stereocenters. The highest BCUT2D eigenvalue weighted by Gasteiger charge is 2.20. The highest BCUT2D eigenvalue weighted by Crippen LogP contribution is 2.31. The molecule has 5 heteroatoms. The van der Waals surface area contributed by atoms with Gasteiger partial charge in [0.2, 0.25) is 0 Å². The van der Waals surface area contributed by atoms with Crippen LogP contribution >= 0.6 is 0 Å². The highest BCUT2D eigenvalue weighted by atomic mass is 15.2. The molecule has 1 aliphatic heterocycles. The van der Waals surface area contributed by atoms with E-state index in [2.05, 4.69) is 25.9 Å². The monoisotopic (exact) mass is 267 g/mol. The van der Waals surface area contributed by atoms with Gasteiger partial charge in [0.25, 0.3) is 0 Å². The lowest BCUT2D eigenvalue weighted by molar-refractivity contribution is 0.504. The Kier molecular flexibility index (Phi) is 2.60. The summed E-state index contributed by atoms with van der Waals surface area (Å²) in [7, 11) is 0. The Hall–Kier alpha value is -2.14. The van der Waals surface area contributed by atoms with E-state index in [1.807, 2.05) is 24.7 Å². The van der Waals surface area contributed by atoms with Crippen molar-refractivity contribution >= 4 is 27.6 Å². The molecule has 1 aliphatic rings. The Morgan fingerprint density at radius 1 is 1.30 bits per heavy atom. The number of pyridine rings is 2. The largest absolute Gasteiger partial charge is 0.355 e. The number of nitrogens with one attached hydrogen (secondary N) is 1. The Balaban J connectivity index is 1.96. The molecule has 0 amide bonds. The second-order valence-corrected chi connectivity index (χ2v) is 5.45. The van der Waals surface area contributed by atoms with Gasteiger partial charge in [-0.25, -0.2) is 9.97 Å². The second-order valence-electron chi connectivity index (χ2n) is 5.45. The van der Waals surface area contributed by atoms with Crippen LogP contribution in [0.4, 0.5) is 5.82 Å². The van der Waals surface area contributed by atoms with E-state index in [9.17, 15) is 0 Å². The molecule has 4 rings (SSSR count). The zero-order valence-electron chi connectivity index (χ0n) is 11.2. The minimum Gasteiger partial charge on any atom is -0.355 e. The summed E-state index contributed by atoms with van der Waals surface area (Å²) in [5.41, 5.74) is 7.02. The van der Waals surface area contributed by atoms with Gasteiger partial charge in [0.15, 0.2) is 0 Å². The summed E-state index contributed by atoms with van der Waals surface area (Å²) in [6.07, 6.45) is 7.92. The van der Waals surface area contributed by atoms with E-state index in [4.69, 9.17) is 5.73 Å². The molecule has 1 saturated heterocycles. The molecular formula is C15H17N5. The third kappa shape index (κ3) is 1.74. The molecule has 0 bridgehead atoms. The molecule has 0 spiro atoms. The van der Waals surface area contributed by atoms with Gasteiger partial charge in [0.05, 0.1) is 0 Å². The molecule has 0 saturated carbocycles. The van der Waals surface area contributed by atoms with Crippen molar-refractivity contribution in [1.29, 1.82) is 0 Å². The Labute approximate surface area is 116 Å². The number of rotatable bonds is 1. The highest BCUT2D eigenvalue weighted by molar-refractivity contribution is 6.10. The maximum absolute atomic E-state index is 6.11. The fourth-order valence-corrected chi connectivity index (χ4v) is 3.09. The zero-order valence-corrected chi connectivity index (χ0v) is 11.2. The number of hydrogen-bond donors (Lipinski definition) is 2. The molecule has 4 heterocycles. The first kappa shape index (κ1) is 11.7. The van der Waals surface area contributed by atoms with Crippen molar-refractivity contribution in [1.82, 2.24) is 15.0 Å².